The summed E-state index contributed by atoms with van der Waals surface area (Å²) in [5.74, 6) is -0.263. The molecule has 1 aromatic carbocycles. The number of rotatable bonds is 9. The highest BCUT2D eigenvalue weighted by Gasteiger charge is 2.10. The number of oxime groups is 1. The fraction of sp³-hybridized carbons (Fsp3) is 0.294. The van der Waals surface area contributed by atoms with Crippen LogP contribution in [0.3, 0.4) is 0 Å². The summed E-state index contributed by atoms with van der Waals surface area (Å²) in [6.07, 6.45) is 5.71. The molecule has 1 aromatic heterocycles. The molecule has 0 radical (unpaired) electrons. The smallest absolute Gasteiger partial charge is 0.303 e. The van der Waals surface area contributed by atoms with Crippen LogP contribution in [0.2, 0.25) is 0 Å². The van der Waals surface area contributed by atoms with E-state index in [1.807, 2.05) is 30.3 Å². The van der Waals surface area contributed by atoms with Crippen LogP contribution in [-0.2, 0) is 9.63 Å². The minimum Gasteiger partial charge on any atom is -0.481 e. The summed E-state index contributed by atoms with van der Waals surface area (Å²) in [7, 11) is 0. The van der Waals surface area contributed by atoms with E-state index in [4.69, 9.17) is 9.94 Å². The molecule has 2 aromatic rings. The lowest BCUT2D eigenvalue weighted by Crippen LogP contribution is -2.09. The molecular formula is C17H19N3O3. The normalized spacial score (nSPS) is 11.2. The van der Waals surface area contributed by atoms with E-state index in [-0.39, 0.29) is 6.42 Å². The molecule has 0 spiro atoms. The third kappa shape index (κ3) is 5.86. The molecule has 0 bridgehead atoms. The third-order valence-corrected chi connectivity index (χ3v) is 3.11. The first-order chi connectivity index (χ1) is 11.3. The van der Waals surface area contributed by atoms with Gasteiger partial charge in [0.2, 0.25) is 0 Å². The number of nitrogens with zero attached hydrogens (tertiary/aromatic N) is 3. The van der Waals surface area contributed by atoms with Crippen molar-refractivity contribution in [3.8, 4) is 0 Å². The van der Waals surface area contributed by atoms with E-state index < -0.39 is 5.97 Å². The molecule has 2 rings (SSSR count). The van der Waals surface area contributed by atoms with E-state index in [0.717, 1.165) is 18.4 Å². The number of hydrogen-bond acceptors (Lipinski definition) is 5. The Kier molecular flexibility index (Phi) is 6.71. The van der Waals surface area contributed by atoms with Crippen molar-refractivity contribution in [1.82, 2.24) is 9.97 Å². The molecule has 0 aliphatic rings. The standard InChI is InChI=1S/C17H19N3O3/c21-15(22)10-5-2-6-13-23-20-16(14-8-3-1-4-9-14)17-18-11-7-12-19-17/h1,3-4,7-9,11-12H,2,5-6,10,13H2,(H,21,22)/b20-16-. The molecule has 0 amide bonds. The zero-order valence-corrected chi connectivity index (χ0v) is 12.8. The number of benzene rings is 1. The molecule has 1 heterocycles. The van der Waals surface area contributed by atoms with Gasteiger partial charge < -0.3 is 9.94 Å². The maximum atomic E-state index is 10.4. The Morgan fingerprint density at radius 2 is 1.78 bits per heavy atom. The molecule has 0 atom stereocenters. The van der Waals surface area contributed by atoms with Crippen molar-refractivity contribution in [2.45, 2.75) is 25.7 Å². The fourth-order valence-electron chi connectivity index (χ4n) is 1.97. The number of carboxylic acids is 1. The number of unbranched alkanes of at least 4 members (excludes halogenated alkanes) is 2. The summed E-state index contributed by atoms with van der Waals surface area (Å²) in [6.45, 7) is 0.433. The Bertz CT molecular complexity index is 589. The van der Waals surface area contributed by atoms with Crippen LogP contribution in [-0.4, -0.2) is 33.4 Å². The van der Waals surface area contributed by atoms with Gasteiger partial charge in [0.05, 0.1) is 0 Å². The van der Waals surface area contributed by atoms with Crippen LogP contribution in [0, 0.1) is 0 Å². The molecule has 0 aliphatic carbocycles. The molecule has 0 saturated heterocycles. The Labute approximate surface area is 134 Å². The summed E-state index contributed by atoms with van der Waals surface area (Å²) >= 11 is 0. The Balaban J connectivity index is 1.94. The average molecular weight is 313 g/mol. The Morgan fingerprint density at radius 1 is 1.04 bits per heavy atom. The maximum absolute atomic E-state index is 10.4. The van der Waals surface area contributed by atoms with Crippen molar-refractivity contribution in [2.75, 3.05) is 6.61 Å². The van der Waals surface area contributed by atoms with Crippen LogP contribution in [0.1, 0.15) is 37.1 Å². The summed E-state index contributed by atoms with van der Waals surface area (Å²) in [6, 6.07) is 11.3. The van der Waals surface area contributed by atoms with Gasteiger partial charge >= 0.3 is 5.97 Å². The zero-order chi connectivity index (χ0) is 16.3. The van der Waals surface area contributed by atoms with Crippen molar-refractivity contribution in [1.29, 1.82) is 0 Å². The Hall–Kier alpha value is -2.76. The van der Waals surface area contributed by atoms with Crippen molar-refractivity contribution in [3.63, 3.8) is 0 Å². The minimum absolute atomic E-state index is 0.191. The predicted molar refractivity (Wildman–Crippen MR) is 86.2 cm³/mol. The second kappa shape index (κ2) is 9.30. The van der Waals surface area contributed by atoms with Gasteiger partial charge in [-0.1, -0.05) is 35.5 Å². The summed E-state index contributed by atoms with van der Waals surface area (Å²) in [5.41, 5.74) is 1.46. The number of aromatic nitrogens is 2. The zero-order valence-electron chi connectivity index (χ0n) is 12.8. The minimum atomic E-state index is -0.767. The number of hydrogen-bond donors (Lipinski definition) is 1. The molecular weight excluding hydrogens is 294 g/mol. The van der Waals surface area contributed by atoms with Gasteiger partial charge in [-0.15, -0.1) is 0 Å². The van der Waals surface area contributed by atoms with Gasteiger partial charge in [0.25, 0.3) is 0 Å². The van der Waals surface area contributed by atoms with Gasteiger partial charge in [-0.2, -0.15) is 0 Å². The van der Waals surface area contributed by atoms with Gasteiger partial charge in [-0.3, -0.25) is 4.79 Å². The van der Waals surface area contributed by atoms with E-state index in [1.165, 1.54) is 0 Å². The van der Waals surface area contributed by atoms with Gasteiger partial charge in [-0.05, 0) is 25.3 Å². The largest absolute Gasteiger partial charge is 0.481 e. The number of carbonyl (C=O) groups is 1. The van der Waals surface area contributed by atoms with Gasteiger partial charge in [0, 0.05) is 24.4 Å². The van der Waals surface area contributed by atoms with E-state index in [9.17, 15) is 4.79 Å². The molecule has 120 valence electrons. The summed E-state index contributed by atoms with van der Waals surface area (Å²) in [4.78, 5) is 24.2. The molecule has 0 aliphatic heterocycles. The molecule has 0 saturated carbocycles. The second-order valence-corrected chi connectivity index (χ2v) is 4.92. The lowest BCUT2D eigenvalue weighted by Gasteiger charge is -2.05. The van der Waals surface area contributed by atoms with E-state index in [1.54, 1.807) is 18.5 Å². The fourth-order valence-corrected chi connectivity index (χ4v) is 1.97. The van der Waals surface area contributed by atoms with Crippen LogP contribution < -0.4 is 0 Å². The van der Waals surface area contributed by atoms with E-state index in [2.05, 4.69) is 15.1 Å². The SMILES string of the molecule is O=C(O)CCCCCO/N=C(/c1ccccc1)c1ncccn1. The van der Waals surface area contributed by atoms with E-state index >= 15 is 0 Å². The molecule has 0 unspecified atom stereocenters. The van der Waals surface area contributed by atoms with Crippen molar-refractivity contribution >= 4 is 11.7 Å². The number of carboxylic acid groups (broad SMARTS) is 1. The van der Waals surface area contributed by atoms with Crippen LogP contribution in [0.5, 0.6) is 0 Å². The topological polar surface area (TPSA) is 84.7 Å². The quantitative estimate of drug-likeness (QED) is 0.437. The molecule has 23 heavy (non-hydrogen) atoms. The summed E-state index contributed by atoms with van der Waals surface area (Å²) < 4.78 is 0. The van der Waals surface area contributed by atoms with Gasteiger partial charge in [0.15, 0.2) is 11.5 Å². The summed E-state index contributed by atoms with van der Waals surface area (Å²) in [5, 5.41) is 12.7. The first kappa shape index (κ1) is 16.6. The first-order valence-electron chi connectivity index (χ1n) is 7.52. The number of aliphatic carboxylic acids is 1. The van der Waals surface area contributed by atoms with Crippen LogP contribution in [0.25, 0.3) is 0 Å². The third-order valence-electron chi connectivity index (χ3n) is 3.11. The van der Waals surface area contributed by atoms with E-state index in [0.29, 0.717) is 24.6 Å². The van der Waals surface area contributed by atoms with Gasteiger partial charge in [0.1, 0.15) is 6.61 Å². The average Bonchev–Trinajstić information content (AvgIpc) is 2.59. The van der Waals surface area contributed by atoms with Crippen LogP contribution in [0.15, 0.2) is 53.9 Å². The van der Waals surface area contributed by atoms with Crippen LogP contribution >= 0.6 is 0 Å². The maximum Gasteiger partial charge on any atom is 0.303 e. The van der Waals surface area contributed by atoms with Crippen LogP contribution in [0.4, 0.5) is 0 Å². The Morgan fingerprint density at radius 3 is 2.48 bits per heavy atom. The highest BCUT2D eigenvalue weighted by molar-refractivity contribution is 6.10. The monoisotopic (exact) mass is 313 g/mol. The lowest BCUT2D eigenvalue weighted by atomic mass is 10.1. The highest BCUT2D eigenvalue weighted by Crippen LogP contribution is 2.08. The molecule has 1 N–H and O–H groups in total. The molecule has 6 heteroatoms. The predicted octanol–water partition coefficient (Wildman–Crippen LogP) is 2.89. The van der Waals surface area contributed by atoms with Crippen molar-refractivity contribution in [2.24, 2.45) is 5.16 Å². The first-order valence-corrected chi connectivity index (χ1v) is 7.52. The highest BCUT2D eigenvalue weighted by atomic mass is 16.6. The van der Waals surface area contributed by atoms with Crippen molar-refractivity contribution < 1.29 is 14.7 Å². The van der Waals surface area contributed by atoms with Gasteiger partial charge in [-0.25, -0.2) is 9.97 Å². The van der Waals surface area contributed by atoms with Crippen molar-refractivity contribution in [3.05, 3.63) is 60.2 Å². The molecule has 0 fully saturated rings. The second-order valence-electron chi connectivity index (χ2n) is 4.92. The molecule has 6 nitrogen and oxygen atoms in total. The lowest BCUT2D eigenvalue weighted by molar-refractivity contribution is -0.137.